The van der Waals surface area contributed by atoms with Crippen LogP contribution in [0.4, 0.5) is 11.4 Å². The first-order valence-electron chi connectivity index (χ1n) is 9.18. The topological polar surface area (TPSA) is 93.7 Å². The van der Waals surface area contributed by atoms with Gasteiger partial charge in [-0.2, -0.15) is 0 Å². The molecular weight excluding hydrogens is 392 g/mol. The number of benzene rings is 2. The maximum atomic E-state index is 12.1. The van der Waals surface area contributed by atoms with Crippen molar-refractivity contribution in [2.75, 3.05) is 30.0 Å². The van der Waals surface area contributed by atoms with Gasteiger partial charge in [-0.15, -0.1) is 0 Å². The summed E-state index contributed by atoms with van der Waals surface area (Å²) in [6.07, 6.45) is 6.18. The molecular formula is C21H26N2O5S. The normalized spacial score (nSPS) is 11.3. The van der Waals surface area contributed by atoms with Gasteiger partial charge in [0.15, 0.2) is 11.5 Å². The number of methoxy groups -OCH3 is 1. The molecule has 0 aliphatic rings. The summed E-state index contributed by atoms with van der Waals surface area (Å²) in [7, 11) is -1.76. The average Bonchev–Trinajstić information content (AvgIpc) is 2.67. The maximum Gasteiger partial charge on any atom is 0.248 e. The molecule has 2 aromatic rings. The van der Waals surface area contributed by atoms with Gasteiger partial charge in [0.1, 0.15) is 0 Å². The SMILES string of the molecule is CCCCOc1ccc(/C=C/C(=O)Nc2ccc(NS(C)(=O)=O)cc2)cc1OC. The minimum atomic E-state index is -3.34. The molecule has 8 heteroatoms. The number of ether oxygens (including phenoxy) is 2. The lowest BCUT2D eigenvalue weighted by Gasteiger charge is -2.11. The van der Waals surface area contributed by atoms with Crippen molar-refractivity contribution in [3.8, 4) is 11.5 Å². The van der Waals surface area contributed by atoms with Crippen LogP contribution in [0.15, 0.2) is 48.5 Å². The van der Waals surface area contributed by atoms with Crippen LogP contribution in [-0.4, -0.2) is 34.3 Å². The van der Waals surface area contributed by atoms with Crippen molar-refractivity contribution in [2.24, 2.45) is 0 Å². The lowest BCUT2D eigenvalue weighted by molar-refractivity contribution is -0.111. The Labute approximate surface area is 171 Å². The highest BCUT2D eigenvalue weighted by molar-refractivity contribution is 7.92. The molecule has 0 saturated carbocycles. The zero-order valence-corrected chi connectivity index (χ0v) is 17.6. The van der Waals surface area contributed by atoms with Crippen molar-refractivity contribution in [3.05, 3.63) is 54.1 Å². The Morgan fingerprint density at radius 1 is 1.07 bits per heavy atom. The predicted molar refractivity (Wildman–Crippen MR) is 116 cm³/mol. The minimum absolute atomic E-state index is 0.309. The van der Waals surface area contributed by atoms with E-state index in [1.165, 1.54) is 6.08 Å². The van der Waals surface area contributed by atoms with Crippen LogP contribution in [-0.2, 0) is 14.8 Å². The van der Waals surface area contributed by atoms with Crippen molar-refractivity contribution < 1.29 is 22.7 Å². The first-order valence-corrected chi connectivity index (χ1v) is 11.1. The summed E-state index contributed by atoms with van der Waals surface area (Å²) < 4.78 is 35.8. The molecule has 0 bridgehead atoms. The molecule has 0 radical (unpaired) electrons. The van der Waals surface area contributed by atoms with Gasteiger partial charge in [0.25, 0.3) is 0 Å². The molecule has 0 saturated heterocycles. The summed E-state index contributed by atoms with van der Waals surface area (Å²) in [6, 6.07) is 11.8. The molecule has 0 aliphatic carbocycles. The fourth-order valence-corrected chi connectivity index (χ4v) is 2.99. The van der Waals surface area contributed by atoms with Gasteiger partial charge in [0.05, 0.1) is 20.0 Å². The number of carbonyl (C=O) groups excluding carboxylic acids is 1. The van der Waals surface area contributed by atoms with Gasteiger partial charge in [-0.1, -0.05) is 19.4 Å². The van der Waals surface area contributed by atoms with E-state index in [0.717, 1.165) is 24.7 Å². The van der Waals surface area contributed by atoms with E-state index in [1.54, 1.807) is 43.5 Å². The number of unbranched alkanes of at least 4 members (excludes halogenated alkanes) is 1. The van der Waals surface area contributed by atoms with E-state index < -0.39 is 10.0 Å². The van der Waals surface area contributed by atoms with Crippen molar-refractivity contribution in [3.63, 3.8) is 0 Å². The highest BCUT2D eigenvalue weighted by Crippen LogP contribution is 2.28. The molecule has 0 aromatic heterocycles. The molecule has 1 amide bonds. The predicted octanol–water partition coefficient (Wildman–Crippen LogP) is 3.90. The fourth-order valence-electron chi connectivity index (χ4n) is 2.43. The molecule has 0 heterocycles. The second kappa shape index (κ2) is 10.5. The van der Waals surface area contributed by atoms with Crippen molar-refractivity contribution in [2.45, 2.75) is 19.8 Å². The third kappa shape index (κ3) is 7.87. The number of hydrogen-bond acceptors (Lipinski definition) is 5. The zero-order chi connectivity index (χ0) is 21.3. The largest absolute Gasteiger partial charge is 0.493 e. The van der Waals surface area contributed by atoms with E-state index in [1.807, 2.05) is 12.1 Å². The molecule has 0 unspecified atom stereocenters. The Morgan fingerprint density at radius 3 is 2.38 bits per heavy atom. The molecule has 0 atom stereocenters. The molecule has 2 aromatic carbocycles. The number of anilines is 2. The van der Waals surface area contributed by atoms with Gasteiger partial charge in [0, 0.05) is 17.5 Å². The van der Waals surface area contributed by atoms with Crippen molar-refractivity contribution >= 4 is 33.4 Å². The number of rotatable bonds is 10. The van der Waals surface area contributed by atoms with E-state index in [2.05, 4.69) is 17.0 Å². The lowest BCUT2D eigenvalue weighted by Crippen LogP contribution is -2.10. The summed E-state index contributed by atoms with van der Waals surface area (Å²) >= 11 is 0. The highest BCUT2D eigenvalue weighted by atomic mass is 32.2. The van der Waals surface area contributed by atoms with Gasteiger partial charge in [-0.3, -0.25) is 9.52 Å². The van der Waals surface area contributed by atoms with Crippen molar-refractivity contribution in [1.82, 2.24) is 0 Å². The van der Waals surface area contributed by atoms with Gasteiger partial charge in [-0.05, 0) is 54.5 Å². The van der Waals surface area contributed by atoms with Gasteiger partial charge < -0.3 is 14.8 Å². The summed E-state index contributed by atoms with van der Waals surface area (Å²) in [5.74, 6) is 0.971. The van der Waals surface area contributed by atoms with E-state index in [-0.39, 0.29) is 5.91 Å². The Bertz CT molecular complexity index is 954. The molecule has 2 N–H and O–H groups in total. The molecule has 0 aliphatic heterocycles. The summed E-state index contributed by atoms with van der Waals surface area (Å²) in [5.41, 5.74) is 1.78. The minimum Gasteiger partial charge on any atom is -0.493 e. The Kier molecular flexibility index (Phi) is 8.09. The lowest BCUT2D eigenvalue weighted by atomic mass is 10.2. The summed E-state index contributed by atoms with van der Waals surface area (Å²) in [4.78, 5) is 12.1. The number of carbonyl (C=O) groups is 1. The zero-order valence-electron chi connectivity index (χ0n) is 16.8. The summed E-state index contributed by atoms with van der Waals surface area (Å²) in [6.45, 7) is 2.73. The third-order valence-corrected chi connectivity index (χ3v) is 4.43. The Morgan fingerprint density at radius 2 is 1.76 bits per heavy atom. The fraction of sp³-hybridized carbons (Fsp3) is 0.286. The standard InChI is InChI=1S/C21H26N2O5S/c1-4-5-14-28-19-12-6-16(15-20(19)27-2)7-13-21(24)22-17-8-10-18(11-9-17)23-29(3,25)26/h6-13,15,23H,4-5,14H2,1-3H3,(H,22,24)/b13-7+. The maximum absolute atomic E-state index is 12.1. The average molecular weight is 419 g/mol. The van der Waals surface area contributed by atoms with Crippen LogP contribution in [0.1, 0.15) is 25.3 Å². The van der Waals surface area contributed by atoms with Crippen molar-refractivity contribution in [1.29, 1.82) is 0 Å². The third-order valence-electron chi connectivity index (χ3n) is 3.83. The van der Waals surface area contributed by atoms with E-state index in [0.29, 0.717) is 29.5 Å². The molecule has 0 fully saturated rings. The monoisotopic (exact) mass is 418 g/mol. The van der Waals surface area contributed by atoms with Gasteiger partial charge in [0.2, 0.25) is 15.9 Å². The number of sulfonamides is 1. The van der Waals surface area contributed by atoms with Crippen LogP contribution < -0.4 is 19.5 Å². The summed E-state index contributed by atoms with van der Waals surface area (Å²) in [5, 5.41) is 2.72. The van der Waals surface area contributed by atoms with Crippen LogP contribution >= 0.6 is 0 Å². The molecule has 156 valence electrons. The second-order valence-electron chi connectivity index (χ2n) is 6.39. The quantitative estimate of drug-likeness (QED) is 0.451. The highest BCUT2D eigenvalue weighted by Gasteiger charge is 2.06. The van der Waals surface area contributed by atoms with Gasteiger partial charge >= 0.3 is 0 Å². The number of amides is 1. The number of hydrogen-bond donors (Lipinski definition) is 2. The van der Waals surface area contributed by atoms with Crippen LogP contribution in [0.3, 0.4) is 0 Å². The molecule has 7 nitrogen and oxygen atoms in total. The van der Waals surface area contributed by atoms with Crippen LogP contribution in [0.2, 0.25) is 0 Å². The first-order chi connectivity index (χ1) is 13.8. The van der Waals surface area contributed by atoms with E-state index in [4.69, 9.17) is 9.47 Å². The molecule has 0 spiro atoms. The Balaban J connectivity index is 1.97. The van der Waals surface area contributed by atoms with E-state index in [9.17, 15) is 13.2 Å². The van der Waals surface area contributed by atoms with Crippen LogP contribution in [0.25, 0.3) is 6.08 Å². The Hall–Kier alpha value is -3.00. The number of nitrogens with one attached hydrogen (secondary N) is 2. The molecule has 2 rings (SSSR count). The second-order valence-corrected chi connectivity index (χ2v) is 8.13. The smallest absolute Gasteiger partial charge is 0.248 e. The van der Waals surface area contributed by atoms with Crippen LogP contribution in [0, 0.1) is 0 Å². The van der Waals surface area contributed by atoms with E-state index >= 15 is 0 Å². The first kappa shape index (κ1) is 22.3. The van der Waals surface area contributed by atoms with Crippen LogP contribution in [0.5, 0.6) is 11.5 Å². The molecule has 29 heavy (non-hydrogen) atoms. The van der Waals surface area contributed by atoms with Gasteiger partial charge in [-0.25, -0.2) is 8.42 Å².